The lowest BCUT2D eigenvalue weighted by Crippen LogP contribution is -2.07. The van der Waals surface area contributed by atoms with Crippen molar-refractivity contribution in [1.82, 2.24) is 0 Å². The summed E-state index contributed by atoms with van der Waals surface area (Å²) < 4.78 is 12.5. The highest BCUT2D eigenvalue weighted by molar-refractivity contribution is 9.10. The number of methoxy groups -OCH3 is 1. The van der Waals surface area contributed by atoms with Gasteiger partial charge in [-0.3, -0.25) is 0 Å². The Hall–Kier alpha value is -2.70. The number of hydrogen-bond acceptors (Lipinski definition) is 4. The molecule has 0 fully saturated rings. The molecule has 0 spiro atoms. The van der Waals surface area contributed by atoms with Gasteiger partial charge in [0, 0.05) is 22.3 Å². The molecular weight excluding hydrogens is 470 g/mol. The zero-order valence-electron chi connectivity index (χ0n) is 16.5. The van der Waals surface area contributed by atoms with E-state index in [1.807, 2.05) is 43.3 Å². The van der Waals surface area contributed by atoms with Gasteiger partial charge >= 0.3 is 5.97 Å². The number of aromatic carboxylic acids is 1. The van der Waals surface area contributed by atoms with E-state index in [-0.39, 0.29) is 10.6 Å². The van der Waals surface area contributed by atoms with E-state index in [0.717, 1.165) is 15.6 Å². The number of carboxylic acids is 1. The number of anilines is 1. The van der Waals surface area contributed by atoms with E-state index in [0.29, 0.717) is 30.3 Å². The Morgan fingerprint density at radius 2 is 1.87 bits per heavy atom. The maximum absolute atomic E-state index is 11.3. The smallest absolute Gasteiger partial charge is 0.337 e. The van der Waals surface area contributed by atoms with Gasteiger partial charge in [0.15, 0.2) is 11.5 Å². The molecule has 7 heteroatoms. The first kappa shape index (κ1) is 22.0. The molecule has 0 aromatic heterocycles. The van der Waals surface area contributed by atoms with Gasteiger partial charge < -0.3 is 19.9 Å². The third-order valence-corrected chi connectivity index (χ3v) is 5.63. The summed E-state index contributed by atoms with van der Waals surface area (Å²) in [5.74, 6) is 0.158. The molecule has 0 aliphatic carbocycles. The van der Waals surface area contributed by atoms with Crippen molar-refractivity contribution in [2.45, 2.75) is 20.1 Å². The number of nitrogens with one attached hydrogen (secondary N) is 1. The van der Waals surface area contributed by atoms with E-state index in [2.05, 4.69) is 21.2 Å². The number of halogens is 2. The summed E-state index contributed by atoms with van der Waals surface area (Å²) in [6.07, 6.45) is 0. The van der Waals surface area contributed by atoms with Crippen LogP contribution < -0.4 is 14.8 Å². The molecule has 0 aliphatic heterocycles. The summed E-state index contributed by atoms with van der Waals surface area (Å²) in [6, 6.07) is 16.7. The Labute approximate surface area is 188 Å². The summed E-state index contributed by atoms with van der Waals surface area (Å²) in [6.45, 7) is 2.82. The standard InChI is InChI=1S/C23H21BrClNO4/c1-14-3-5-15(6-4-14)13-30-22-18(19(24)8-10-21(22)29-2)12-26-16-7-9-20(25)17(11-16)23(27)28/h3-11,26H,12-13H2,1-2H3,(H,27,28). The number of aryl methyl sites for hydroxylation is 1. The molecule has 3 aromatic carbocycles. The fraction of sp³-hybridized carbons (Fsp3) is 0.174. The SMILES string of the molecule is COc1ccc(Br)c(CNc2ccc(Cl)c(C(=O)O)c2)c1OCc1ccc(C)cc1. The zero-order chi connectivity index (χ0) is 21.7. The molecule has 0 saturated heterocycles. The third kappa shape index (κ3) is 5.26. The van der Waals surface area contributed by atoms with Crippen LogP contribution in [0.3, 0.4) is 0 Å². The molecule has 0 amide bonds. The molecule has 0 saturated carbocycles. The lowest BCUT2D eigenvalue weighted by atomic mass is 10.1. The molecule has 2 N–H and O–H groups in total. The van der Waals surface area contributed by atoms with Gasteiger partial charge in [-0.2, -0.15) is 0 Å². The van der Waals surface area contributed by atoms with E-state index in [1.54, 1.807) is 19.2 Å². The number of hydrogen-bond donors (Lipinski definition) is 2. The molecule has 0 heterocycles. The first-order valence-corrected chi connectivity index (χ1v) is 10.4. The minimum absolute atomic E-state index is 0.0437. The van der Waals surface area contributed by atoms with Crippen LogP contribution in [0.5, 0.6) is 11.5 Å². The number of carbonyl (C=O) groups is 1. The van der Waals surface area contributed by atoms with Gasteiger partial charge in [-0.15, -0.1) is 0 Å². The highest BCUT2D eigenvalue weighted by Crippen LogP contribution is 2.37. The molecule has 3 rings (SSSR count). The van der Waals surface area contributed by atoms with Gasteiger partial charge in [0.1, 0.15) is 6.61 Å². The fourth-order valence-corrected chi connectivity index (χ4v) is 3.55. The lowest BCUT2D eigenvalue weighted by molar-refractivity contribution is 0.0697. The van der Waals surface area contributed by atoms with Crippen LogP contribution in [-0.2, 0) is 13.2 Å². The molecule has 3 aromatic rings. The number of carboxylic acid groups (broad SMARTS) is 1. The average molecular weight is 491 g/mol. The molecular formula is C23H21BrClNO4. The molecule has 156 valence electrons. The lowest BCUT2D eigenvalue weighted by Gasteiger charge is -2.18. The number of rotatable bonds is 8. The summed E-state index contributed by atoms with van der Waals surface area (Å²) in [4.78, 5) is 11.3. The van der Waals surface area contributed by atoms with Crippen molar-refractivity contribution in [3.63, 3.8) is 0 Å². The fourth-order valence-electron chi connectivity index (χ4n) is 2.90. The number of ether oxygens (including phenoxy) is 2. The summed E-state index contributed by atoms with van der Waals surface area (Å²) >= 11 is 9.53. The Morgan fingerprint density at radius 3 is 2.53 bits per heavy atom. The minimum atomic E-state index is -1.08. The highest BCUT2D eigenvalue weighted by atomic mass is 79.9. The summed E-state index contributed by atoms with van der Waals surface area (Å²) in [7, 11) is 1.59. The van der Waals surface area contributed by atoms with E-state index >= 15 is 0 Å². The maximum Gasteiger partial charge on any atom is 0.337 e. The molecule has 0 unspecified atom stereocenters. The largest absolute Gasteiger partial charge is 0.493 e. The van der Waals surface area contributed by atoms with Crippen LogP contribution in [0.25, 0.3) is 0 Å². The van der Waals surface area contributed by atoms with Crippen molar-refractivity contribution in [2.75, 3.05) is 12.4 Å². The first-order valence-electron chi connectivity index (χ1n) is 9.19. The molecule has 0 radical (unpaired) electrons. The third-order valence-electron chi connectivity index (χ3n) is 4.56. The van der Waals surface area contributed by atoms with Crippen LogP contribution in [0.1, 0.15) is 27.0 Å². The van der Waals surface area contributed by atoms with Crippen LogP contribution in [0, 0.1) is 6.92 Å². The average Bonchev–Trinajstić information content (AvgIpc) is 2.73. The Morgan fingerprint density at radius 1 is 1.13 bits per heavy atom. The van der Waals surface area contributed by atoms with Gasteiger partial charge in [0.05, 0.1) is 17.7 Å². The van der Waals surface area contributed by atoms with Crippen LogP contribution in [-0.4, -0.2) is 18.2 Å². The van der Waals surface area contributed by atoms with Gasteiger partial charge in [-0.1, -0.05) is 57.4 Å². The predicted molar refractivity (Wildman–Crippen MR) is 122 cm³/mol. The van der Waals surface area contributed by atoms with Crippen molar-refractivity contribution >= 4 is 39.2 Å². The Balaban J connectivity index is 1.84. The second-order valence-corrected chi connectivity index (χ2v) is 7.95. The molecule has 30 heavy (non-hydrogen) atoms. The summed E-state index contributed by atoms with van der Waals surface area (Å²) in [5, 5.41) is 12.7. The normalized spacial score (nSPS) is 10.5. The maximum atomic E-state index is 11.3. The molecule has 0 bridgehead atoms. The Kier molecular flexibility index (Phi) is 7.24. The topological polar surface area (TPSA) is 67.8 Å². The summed E-state index contributed by atoms with van der Waals surface area (Å²) in [5.41, 5.74) is 3.77. The first-order chi connectivity index (χ1) is 14.4. The quantitative estimate of drug-likeness (QED) is 0.387. The monoisotopic (exact) mass is 489 g/mol. The van der Waals surface area contributed by atoms with Crippen LogP contribution in [0.4, 0.5) is 5.69 Å². The molecule has 0 aliphatic rings. The predicted octanol–water partition coefficient (Wildman–Crippen LogP) is 6.31. The van der Waals surface area contributed by atoms with E-state index < -0.39 is 5.97 Å². The van der Waals surface area contributed by atoms with Gasteiger partial charge in [0.25, 0.3) is 0 Å². The van der Waals surface area contributed by atoms with Gasteiger partial charge in [-0.25, -0.2) is 4.79 Å². The van der Waals surface area contributed by atoms with Crippen LogP contribution in [0.15, 0.2) is 59.1 Å². The van der Waals surface area contributed by atoms with Crippen LogP contribution in [0.2, 0.25) is 5.02 Å². The minimum Gasteiger partial charge on any atom is -0.493 e. The van der Waals surface area contributed by atoms with E-state index in [1.165, 1.54) is 11.6 Å². The Bertz CT molecular complexity index is 1050. The van der Waals surface area contributed by atoms with Crippen LogP contribution >= 0.6 is 27.5 Å². The van der Waals surface area contributed by atoms with Crippen molar-refractivity contribution in [2.24, 2.45) is 0 Å². The molecule has 5 nitrogen and oxygen atoms in total. The van der Waals surface area contributed by atoms with E-state index in [9.17, 15) is 9.90 Å². The molecule has 0 atom stereocenters. The van der Waals surface area contributed by atoms with Crippen molar-refractivity contribution in [1.29, 1.82) is 0 Å². The van der Waals surface area contributed by atoms with Crippen molar-refractivity contribution < 1.29 is 19.4 Å². The van der Waals surface area contributed by atoms with Gasteiger partial charge in [0.2, 0.25) is 0 Å². The second kappa shape index (κ2) is 9.87. The number of benzene rings is 3. The van der Waals surface area contributed by atoms with Crippen molar-refractivity contribution in [3.8, 4) is 11.5 Å². The highest BCUT2D eigenvalue weighted by Gasteiger charge is 2.16. The zero-order valence-corrected chi connectivity index (χ0v) is 18.9. The van der Waals surface area contributed by atoms with Crippen molar-refractivity contribution in [3.05, 3.63) is 86.3 Å². The van der Waals surface area contributed by atoms with E-state index in [4.69, 9.17) is 21.1 Å². The second-order valence-electron chi connectivity index (χ2n) is 6.68. The van der Waals surface area contributed by atoms with Gasteiger partial charge in [-0.05, 0) is 42.8 Å².